The van der Waals surface area contributed by atoms with Crippen LogP contribution in [0.3, 0.4) is 0 Å². The SMILES string of the molecule is Cn1c(NC=O)n[nH]c1=O. The molecule has 10 heavy (non-hydrogen) atoms. The lowest BCUT2D eigenvalue weighted by molar-refractivity contribution is -0.105. The molecule has 0 spiro atoms. The molecule has 0 fully saturated rings. The highest BCUT2D eigenvalue weighted by Crippen LogP contribution is 1.89. The first kappa shape index (κ1) is 6.53. The molecule has 0 saturated carbocycles. The molecule has 0 aliphatic heterocycles. The predicted molar refractivity (Wildman–Crippen MR) is 33.5 cm³/mol. The minimum atomic E-state index is -0.357. The fraction of sp³-hybridized carbons (Fsp3) is 0.250. The fourth-order valence-corrected chi connectivity index (χ4v) is 0.529. The topological polar surface area (TPSA) is 79.8 Å². The first-order valence-electron chi connectivity index (χ1n) is 2.57. The van der Waals surface area contributed by atoms with Gasteiger partial charge < -0.3 is 0 Å². The van der Waals surface area contributed by atoms with E-state index < -0.39 is 0 Å². The van der Waals surface area contributed by atoms with E-state index in [0.29, 0.717) is 6.41 Å². The molecular formula is C4H6N4O2. The van der Waals surface area contributed by atoms with Crippen molar-refractivity contribution in [1.82, 2.24) is 14.8 Å². The zero-order chi connectivity index (χ0) is 7.56. The smallest absolute Gasteiger partial charge is 0.297 e. The van der Waals surface area contributed by atoms with Gasteiger partial charge in [0.15, 0.2) is 0 Å². The summed E-state index contributed by atoms with van der Waals surface area (Å²) >= 11 is 0. The van der Waals surface area contributed by atoms with Gasteiger partial charge in [0.05, 0.1) is 0 Å². The van der Waals surface area contributed by atoms with Gasteiger partial charge in [0.2, 0.25) is 12.4 Å². The summed E-state index contributed by atoms with van der Waals surface area (Å²) in [5.74, 6) is 0.208. The van der Waals surface area contributed by atoms with Crippen LogP contribution in [0.1, 0.15) is 0 Å². The van der Waals surface area contributed by atoms with Crippen molar-refractivity contribution < 1.29 is 4.79 Å². The van der Waals surface area contributed by atoms with Crippen molar-refractivity contribution in [3.8, 4) is 0 Å². The Morgan fingerprint density at radius 1 is 1.80 bits per heavy atom. The van der Waals surface area contributed by atoms with Gasteiger partial charge in [-0.25, -0.2) is 9.89 Å². The number of aromatic amines is 1. The summed E-state index contributed by atoms with van der Waals surface area (Å²) in [5.41, 5.74) is -0.357. The van der Waals surface area contributed by atoms with E-state index in [2.05, 4.69) is 15.5 Å². The van der Waals surface area contributed by atoms with Crippen LogP contribution in [0.5, 0.6) is 0 Å². The van der Waals surface area contributed by atoms with Gasteiger partial charge in [-0.3, -0.25) is 14.7 Å². The Bertz CT molecular complexity index is 286. The average Bonchev–Trinajstić information content (AvgIpc) is 2.20. The standard InChI is InChI=1S/C4H6N4O2/c1-8-3(5-2-9)6-7-4(8)10/h2H,1H3,(H,7,10)(H,5,6,9). The number of anilines is 1. The molecule has 0 aromatic carbocycles. The number of aromatic nitrogens is 3. The second-order valence-corrected chi connectivity index (χ2v) is 1.67. The van der Waals surface area contributed by atoms with Gasteiger partial charge in [0.1, 0.15) is 0 Å². The van der Waals surface area contributed by atoms with Crippen LogP contribution in [-0.4, -0.2) is 21.2 Å². The molecule has 0 atom stereocenters. The predicted octanol–water partition coefficient (Wildman–Crippen LogP) is -1.32. The largest absolute Gasteiger partial charge is 0.344 e. The molecule has 1 amide bonds. The number of hydrogen-bond donors (Lipinski definition) is 2. The summed E-state index contributed by atoms with van der Waals surface area (Å²) in [6.07, 6.45) is 0.454. The second-order valence-electron chi connectivity index (χ2n) is 1.67. The highest BCUT2D eigenvalue weighted by Gasteiger charge is 1.99. The van der Waals surface area contributed by atoms with Crippen molar-refractivity contribution in [2.45, 2.75) is 0 Å². The molecular weight excluding hydrogens is 136 g/mol. The Hall–Kier alpha value is -1.59. The van der Waals surface area contributed by atoms with Crippen molar-refractivity contribution in [3.63, 3.8) is 0 Å². The van der Waals surface area contributed by atoms with Gasteiger partial charge in [0.25, 0.3) is 0 Å². The maximum absolute atomic E-state index is 10.6. The normalized spacial score (nSPS) is 9.30. The van der Waals surface area contributed by atoms with Crippen LogP contribution in [0.4, 0.5) is 5.95 Å². The van der Waals surface area contributed by atoms with Gasteiger partial charge >= 0.3 is 5.69 Å². The molecule has 1 heterocycles. The quantitative estimate of drug-likeness (QED) is 0.502. The lowest BCUT2D eigenvalue weighted by atomic mass is 10.9. The van der Waals surface area contributed by atoms with Crippen molar-refractivity contribution >= 4 is 12.4 Å². The molecule has 1 rings (SSSR count). The van der Waals surface area contributed by atoms with Crippen molar-refractivity contribution in [2.24, 2.45) is 7.05 Å². The maximum atomic E-state index is 10.6. The number of hydrogen-bond acceptors (Lipinski definition) is 3. The summed E-state index contributed by atoms with van der Waals surface area (Å²) in [5, 5.41) is 7.88. The molecule has 2 N–H and O–H groups in total. The van der Waals surface area contributed by atoms with Crippen molar-refractivity contribution in [2.75, 3.05) is 5.32 Å². The van der Waals surface area contributed by atoms with Gasteiger partial charge in [-0.2, -0.15) is 0 Å². The summed E-state index contributed by atoms with van der Waals surface area (Å²) in [4.78, 5) is 20.5. The summed E-state index contributed by atoms with van der Waals surface area (Å²) < 4.78 is 1.19. The van der Waals surface area contributed by atoms with E-state index in [1.165, 1.54) is 11.6 Å². The first-order valence-corrected chi connectivity index (χ1v) is 2.57. The van der Waals surface area contributed by atoms with E-state index in [1.54, 1.807) is 0 Å². The zero-order valence-corrected chi connectivity index (χ0v) is 5.29. The van der Waals surface area contributed by atoms with Crippen LogP contribution < -0.4 is 11.0 Å². The molecule has 0 saturated heterocycles. The highest BCUT2D eigenvalue weighted by atomic mass is 16.2. The van der Waals surface area contributed by atoms with Gasteiger partial charge in [0, 0.05) is 7.05 Å². The molecule has 0 aliphatic rings. The molecule has 54 valence electrons. The number of H-pyrrole nitrogens is 1. The number of nitrogens with one attached hydrogen (secondary N) is 2. The minimum absolute atomic E-state index is 0.208. The van der Waals surface area contributed by atoms with Crippen LogP contribution in [0, 0.1) is 0 Å². The Morgan fingerprint density at radius 3 is 2.90 bits per heavy atom. The molecule has 6 heteroatoms. The van der Waals surface area contributed by atoms with E-state index in [-0.39, 0.29) is 11.6 Å². The molecule has 0 bridgehead atoms. The molecule has 1 aromatic rings. The third-order valence-corrected chi connectivity index (χ3v) is 1.07. The van der Waals surface area contributed by atoms with Gasteiger partial charge in [-0.1, -0.05) is 0 Å². The van der Waals surface area contributed by atoms with Crippen molar-refractivity contribution in [3.05, 3.63) is 10.5 Å². The molecule has 0 unspecified atom stereocenters. The lowest BCUT2D eigenvalue weighted by Gasteiger charge is -1.92. The second kappa shape index (κ2) is 2.34. The van der Waals surface area contributed by atoms with Crippen molar-refractivity contribution in [1.29, 1.82) is 0 Å². The third kappa shape index (κ3) is 0.903. The minimum Gasteiger partial charge on any atom is -0.297 e. The maximum Gasteiger partial charge on any atom is 0.344 e. The molecule has 1 aromatic heterocycles. The Kier molecular flexibility index (Phi) is 1.53. The van der Waals surface area contributed by atoms with E-state index in [0.717, 1.165) is 0 Å². The number of amides is 1. The van der Waals surface area contributed by atoms with Crippen LogP contribution >= 0.6 is 0 Å². The van der Waals surface area contributed by atoms with Gasteiger partial charge in [-0.15, -0.1) is 5.10 Å². The molecule has 0 aliphatic carbocycles. The van der Waals surface area contributed by atoms with E-state index in [4.69, 9.17) is 0 Å². The molecule has 6 nitrogen and oxygen atoms in total. The summed E-state index contributed by atoms with van der Waals surface area (Å²) in [6.45, 7) is 0. The van der Waals surface area contributed by atoms with E-state index >= 15 is 0 Å². The number of carbonyl (C=O) groups is 1. The van der Waals surface area contributed by atoms with E-state index in [1.807, 2.05) is 0 Å². The van der Waals surface area contributed by atoms with Gasteiger partial charge in [-0.05, 0) is 0 Å². The fourth-order valence-electron chi connectivity index (χ4n) is 0.529. The van der Waals surface area contributed by atoms with Crippen LogP contribution in [0.2, 0.25) is 0 Å². The van der Waals surface area contributed by atoms with Crippen LogP contribution in [-0.2, 0) is 11.8 Å². The van der Waals surface area contributed by atoms with Crippen LogP contribution in [0.25, 0.3) is 0 Å². The Labute approximate surface area is 55.9 Å². The summed E-state index contributed by atoms with van der Waals surface area (Å²) in [7, 11) is 1.50. The number of rotatable bonds is 2. The zero-order valence-electron chi connectivity index (χ0n) is 5.29. The van der Waals surface area contributed by atoms with Crippen LogP contribution in [0.15, 0.2) is 4.79 Å². The average molecular weight is 142 g/mol. The summed E-state index contributed by atoms with van der Waals surface area (Å²) in [6, 6.07) is 0. The third-order valence-electron chi connectivity index (χ3n) is 1.07. The Balaban J connectivity index is 3.05. The monoisotopic (exact) mass is 142 g/mol. The number of nitrogens with zero attached hydrogens (tertiary/aromatic N) is 2. The molecule has 0 radical (unpaired) electrons. The first-order chi connectivity index (χ1) is 4.75. The lowest BCUT2D eigenvalue weighted by Crippen LogP contribution is -2.14. The Morgan fingerprint density at radius 2 is 2.50 bits per heavy atom. The number of carbonyl (C=O) groups excluding carboxylic acids is 1. The highest BCUT2D eigenvalue weighted by molar-refractivity contribution is 5.66. The van der Waals surface area contributed by atoms with E-state index in [9.17, 15) is 9.59 Å².